The molecule has 6 heteroatoms. The second kappa shape index (κ2) is 8.72. The van der Waals surface area contributed by atoms with Crippen LogP contribution in [0.25, 0.3) is 0 Å². The standard InChI is InChI=1S/C17H27N3O3/c1-3-4-8-18(2)16(21)7-9-19-10-12-20(13-11-19)17(22)15-6-5-14-23-15/h5-6,14H,3-4,7-13H2,1-2H3. The van der Waals surface area contributed by atoms with Gasteiger partial charge in [0.25, 0.3) is 5.91 Å². The van der Waals surface area contributed by atoms with E-state index in [0.717, 1.165) is 39.0 Å². The average molecular weight is 321 g/mol. The maximum Gasteiger partial charge on any atom is 0.289 e. The van der Waals surface area contributed by atoms with Gasteiger partial charge in [-0.05, 0) is 18.6 Å². The number of nitrogens with zero attached hydrogens (tertiary/aromatic N) is 3. The lowest BCUT2D eigenvalue weighted by molar-refractivity contribution is -0.130. The Balaban J connectivity index is 1.68. The molecule has 6 nitrogen and oxygen atoms in total. The largest absolute Gasteiger partial charge is 0.459 e. The summed E-state index contributed by atoms with van der Waals surface area (Å²) in [5, 5.41) is 0. The number of rotatable bonds is 7. The van der Waals surface area contributed by atoms with E-state index in [9.17, 15) is 9.59 Å². The molecule has 0 saturated carbocycles. The van der Waals surface area contributed by atoms with Gasteiger partial charge in [-0.15, -0.1) is 0 Å². The van der Waals surface area contributed by atoms with E-state index < -0.39 is 0 Å². The minimum Gasteiger partial charge on any atom is -0.459 e. The van der Waals surface area contributed by atoms with Crippen molar-refractivity contribution in [1.29, 1.82) is 0 Å². The number of hydrogen-bond acceptors (Lipinski definition) is 4. The molecule has 0 bridgehead atoms. The first-order valence-electron chi connectivity index (χ1n) is 8.41. The van der Waals surface area contributed by atoms with Crippen LogP contribution in [0.3, 0.4) is 0 Å². The zero-order valence-corrected chi connectivity index (χ0v) is 14.2. The van der Waals surface area contributed by atoms with Crippen molar-refractivity contribution in [1.82, 2.24) is 14.7 Å². The zero-order valence-electron chi connectivity index (χ0n) is 14.2. The van der Waals surface area contributed by atoms with Gasteiger partial charge in [0, 0.05) is 52.7 Å². The summed E-state index contributed by atoms with van der Waals surface area (Å²) in [7, 11) is 1.87. The Morgan fingerprint density at radius 2 is 2.00 bits per heavy atom. The molecule has 0 aliphatic carbocycles. The van der Waals surface area contributed by atoms with Gasteiger partial charge >= 0.3 is 0 Å². The molecule has 23 heavy (non-hydrogen) atoms. The minimum absolute atomic E-state index is 0.0509. The highest BCUT2D eigenvalue weighted by molar-refractivity contribution is 5.91. The van der Waals surface area contributed by atoms with Crippen LogP contribution >= 0.6 is 0 Å². The van der Waals surface area contributed by atoms with Crippen LogP contribution in [-0.4, -0.2) is 72.8 Å². The lowest BCUT2D eigenvalue weighted by Gasteiger charge is -2.34. The summed E-state index contributed by atoms with van der Waals surface area (Å²) in [6, 6.07) is 3.42. The number of amides is 2. The minimum atomic E-state index is -0.0509. The van der Waals surface area contributed by atoms with Gasteiger partial charge < -0.3 is 14.2 Å². The van der Waals surface area contributed by atoms with Gasteiger partial charge in [0.15, 0.2) is 5.76 Å². The van der Waals surface area contributed by atoms with Crippen molar-refractivity contribution in [2.75, 3.05) is 46.3 Å². The van der Waals surface area contributed by atoms with E-state index in [-0.39, 0.29) is 11.8 Å². The molecule has 0 N–H and O–H groups in total. The van der Waals surface area contributed by atoms with Crippen LogP contribution < -0.4 is 0 Å². The first-order valence-corrected chi connectivity index (χ1v) is 8.41. The van der Waals surface area contributed by atoms with Crippen molar-refractivity contribution in [3.63, 3.8) is 0 Å². The molecule has 0 unspecified atom stereocenters. The maximum absolute atomic E-state index is 12.2. The summed E-state index contributed by atoms with van der Waals surface area (Å²) in [5.41, 5.74) is 0. The molecule has 0 aromatic carbocycles. The van der Waals surface area contributed by atoms with Crippen LogP contribution in [0.15, 0.2) is 22.8 Å². The number of carbonyl (C=O) groups excluding carboxylic acids is 2. The van der Waals surface area contributed by atoms with E-state index >= 15 is 0 Å². The van der Waals surface area contributed by atoms with Gasteiger partial charge in [0.05, 0.1) is 6.26 Å². The zero-order chi connectivity index (χ0) is 16.7. The fourth-order valence-corrected chi connectivity index (χ4v) is 2.70. The molecule has 0 spiro atoms. The van der Waals surface area contributed by atoms with Crippen molar-refractivity contribution in [3.05, 3.63) is 24.2 Å². The van der Waals surface area contributed by atoms with E-state index in [2.05, 4.69) is 11.8 Å². The van der Waals surface area contributed by atoms with Crippen LogP contribution in [0.1, 0.15) is 36.7 Å². The molecular weight excluding hydrogens is 294 g/mol. The molecule has 0 atom stereocenters. The predicted molar refractivity (Wildman–Crippen MR) is 88.2 cm³/mol. The molecule has 1 aliphatic rings. The summed E-state index contributed by atoms with van der Waals surface area (Å²) in [6.07, 6.45) is 4.22. The summed E-state index contributed by atoms with van der Waals surface area (Å²) >= 11 is 0. The Bertz CT molecular complexity index is 493. The van der Waals surface area contributed by atoms with Crippen LogP contribution in [0.4, 0.5) is 0 Å². The second-order valence-electron chi connectivity index (χ2n) is 6.03. The van der Waals surface area contributed by atoms with Gasteiger partial charge in [-0.2, -0.15) is 0 Å². The molecule has 128 valence electrons. The third kappa shape index (κ3) is 5.10. The predicted octanol–water partition coefficient (Wildman–Crippen LogP) is 1.69. The Kier molecular flexibility index (Phi) is 6.65. The monoisotopic (exact) mass is 321 g/mol. The summed E-state index contributed by atoms with van der Waals surface area (Å²) in [4.78, 5) is 30.1. The van der Waals surface area contributed by atoms with E-state index in [1.165, 1.54) is 6.26 Å². The highest BCUT2D eigenvalue weighted by Crippen LogP contribution is 2.10. The lowest BCUT2D eigenvalue weighted by atomic mass is 10.2. The molecule has 1 aromatic heterocycles. The van der Waals surface area contributed by atoms with Crippen molar-refractivity contribution in [2.45, 2.75) is 26.2 Å². The van der Waals surface area contributed by atoms with E-state index in [4.69, 9.17) is 4.42 Å². The van der Waals surface area contributed by atoms with Crippen LogP contribution in [0, 0.1) is 0 Å². The first kappa shape index (κ1) is 17.5. The SMILES string of the molecule is CCCCN(C)C(=O)CCN1CCN(C(=O)c2ccco2)CC1. The Labute approximate surface area is 138 Å². The van der Waals surface area contributed by atoms with Crippen LogP contribution in [-0.2, 0) is 4.79 Å². The molecule has 2 amide bonds. The molecule has 1 aliphatic heterocycles. The number of piperazine rings is 1. The molecule has 2 heterocycles. The summed E-state index contributed by atoms with van der Waals surface area (Å²) < 4.78 is 5.16. The van der Waals surface area contributed by atoms with Crippen molar-refractivity contribution >= 4 is 11.8 Å². The van der Waals surface area contributed by atoms with Crippen molar-refractivity contribution in [2.24, 2.45) is 0 Å². The van der Waals surface area contributed by atoms with E-state index in [1.807, 2.05) is 16.8 Å². The van der Waals surface area contributed by atoms with Crippen LogP contribution in [0.5, 0.6) is 0 Å². The average Bonchev–Trinajstić information content (AvgIpc) is 3.11. The second-order valence-corrected chi connectivity index (χ2v) is 6.03. The molecule has 1 saturated heterocycles. The van der Waals surface area contributed by atoms with Gasteiger partial charge in [-0.25, -0.2) is 0 Å². The Morgan fingerprint density at radius 1 is 1.26 bits per heavy atom. The highest BCUT2D eigenvalue weighted by Gasteiger charge is 2.24. The third-order valence-electron chi connectivity index (χ3n) is 4.31. The number of hydrogen-bond donors (Lipinski definition) is 0. The van der Waals surface area contributed by atoms with E-state index in [1.54, 1.807) is 12.1 Å². The fourth-order valence-electron chi connectivity index (χ4n) is 2.70. The Hall–Kier alpha value is -1.82. The summed E-state index contributed by atoms with van der Waals surface area (Å²) in [5.74, 6) is 0.545. The molecule has 1 aromatic rings. The lowest BCUT2D eigenvalue weighted by Crippen LogP contribution is -2.49. The quantitative estimate of drug-likeness (QED) is 0.767. The van der Waals surface area contributed by atoms with Gasteiger partial charge in [0.2, 0.25) is 5.91 Å². The van der Waals surface area contributed by atoms with Gasteiger partial charge in [-0.1, -0.05) is 13.3 Å². The summed E-state index contributed by atoms with van der Waals surface area (Å²) in [6.45, 7) is 6.69. The fraction of sp³-hybridized carbons (Fsp3) is 0.647. The first-order chi connectivity index (χ1) is 11.1. The highest BCUT2D eigenvalue weighted by atomic mass is 16.3. The van der Waals surface area contributed by atoms with E-state index in [0.29, 0.717) is 25.3 Å². The number of furan rings is 1. The van der Waals surface area contributed by atoms with Gasteiger partial charge in [-0.3, -0.25) is 14.5 Å². The Morgan fingerprint density at radius 3 is 2.61 bits per heavy atom. The van der Waals surface area contributed by atoms with Crippen molar-refractivity contribution < 1.29 is 14.0 Å². The van der Waals surface area contributed by atoms with Crippen LogP contribution in [0.2, 0.25) is 0 Å². The topological polar surface area (TPSA) is 57.0 Å². The van der Waals surface area contributed by atoms with Crippen molar-refractivity contribution in [3.8, 4) is 0 Å². The normalized spacial score (nSPS) is 15.7. The molecule has 1 fully saturated rings. The number of unbranched alkanes of at least 4 members (excludes halogenated alkanes) is 1. The maximum atomic E-state index is 12.2. The number of carbonyl (C=O) groups is 2. The molecule has 0 radical (unpaired) electrons. The van der Waals surface area contributed by atoms with Gasteiger partial charge in [0.1, 0.15) is 0 Å². The molecular formula is C17H27N3O3. The molecule has 2 rings (SSSR count). The smallest absolute Gasteiger partial charge is 0.289 e. The third-order valence-corrected chi connectivity index (χ3v) is 4.31.